The average molecular weight is 282 g/mol. The van der Waals surface area contributed by atoms with Crippen molar-refractivity contribution in [1.29, 1.82) is 0 Å². The maximum absolute atomic E-state index is 13.4. The third-order valence-electron chi connectivity index (χ3n) is 3.78. The predicted octanol–water partition coefficient (Wildman–Crippen LogP) is 1.70. The van der Waals surface area contributed by atoms with E-state index in [0.717, 1.165) is 12.8 Å². The van der Waals surface area contributed by atoms with Crippen molar-refractivity contribution in [3.05, 3.63) is 23.5 Å². The fourth-order valence-corrected chi connectivity index (χ4v) is 2.77. The molecule has 0 amide bonds. The van der Waals surface area contributed by atoms with E-state index in [2.05, 4.69) is 0 Å². The van der Waals surface area contributed by atoms with Crippen LogP contribution >= 0.6 is 0 Å². The predicted molar refractivity (Wildman–Crippen MR) is 74.4 cm³/mol. The van der Waals surface area contributed by atoms with Crippen molar-refractivity contribution in [3.63, 3.8) is 0 Å². The third-order valence-corrected chi connectivity index (χ3v) is 3.78. The Balaban J connectivity index is 2.32. The van der Waals surface area contributed by atoms with Gasteiger partial charge in [0.15, 0.2) is 0 Å². The summed E-state index contributed by atoms with van der Waals surface area (Å²) in [5, 5.41) is 18.3. The van der Waals surface area contributed by atoms with E-state index in [-0.39, 0.29) is 17.9 Å². The second kappa shape index (κ2) is 6.09. The Morgan fingerprint density at radius 3 is 2.90 bits per heavy atom. The Kier molecular flexibility index (Phi) is 4.44. The van der Waals surface area contributed by atoms with Gasteiger partial charge < -0.3 is 20.8 Å². The molecule has 1 aliphatic heterocycles. The van der Waals surface area contributed by atoms with Gasteiger partial charge in [0.05, 0.1) is 11.4 Å². The number of hydrogen-bond donors (Lipinski definition) is 3. The SMILES string of the molecule is Nc1c(F)ccc(N2CCCC(CCO)C2)c1C(=O)O. The summed E-state index contributed by atoms with van der Waals surface area (Å²) in [6, 6.07) is 2.67. The van der Waals surface area contributed by atoms with Crippen molar-refractivity contribution in [2.24, 2.45) is 5.92 Å². The summed E-state index contributed by atoms with van der Waals surface area (Å²) >= 11 is 0. The second-order valence-corrected chi connectivity index (χ2v) is 5.13. The van der Waals surface area contributed by atoms with Gasteiger partial charge in [-0.15, -0.1) is 0 Å². The first-order chi connectivity index (χ1) is 9.54. The van der Waals surface area contributed by atoms with Crippen LogP contribution in [-0.4, -0.2) is 35.9 Å². The van der Waals surface area contributed by atoms with Crippen LogP contribution in [0.15, 0.2) is 12.1 Å². The van der Waals surface area contributed by atoms with Gasteiger partial charge in [-0.3, -0.25) is 0 Å². The van der Waals surface area contributed by atoms with Gasteiger partial charge in [-0.1, -0.05) is 0 Å². The lowest BCUT2D eigenvalue weighted by molar-refractivity contribution is 0.0698. The van der Waals surface area contributed by atoms with Crippen LogP contribution in [-0.2, 0) is 0 Å². The Labute approximate surface area is 116 Å². The minimum Gasteiger partial charge on any atom is -0.478 e. The minimum atomic E-state index is -1.22. The maximum atomic E-state index is 13.4. The zero-order chi connectivity index (χ0) is 14.7. The summed E-state index contributed by atoms with van der Waals surface area (Å²) in [5.41, 5.74) is 5.53. The molecule has 5 nitrogen and oxygen atoms in total. The molecule has 1 unspecified atom stereocenters. The summed E-state index contributed by atoms with van der Waals surface area (Å²) in [6.45, 7) is 1.50. The van der Waals surface area contributed by atoms with Crippen molar-refractivity contribution in [3.8, 4) is 0 Å². The van der Waals surface area contributed by atoms with Gasteiger partial charge in [-0.05, 0) is 37.3 Å². The molecule has 0 aromatic heterocycles. The number of aliphatic hydroxyl groups excluding tert-OH is 1. The molecular weight excluding hydrogens is 263 g/mol. The van der Waals surface area contributed by atoms with E-state index in [1.807, 2.05) is 4.90 Å². The Bertz CT molecular complexity index is 505. The number of carboxylic acid groups (broad SMARTS) is 1. The number of aromatic carboxylic acids is 1. The van der Waals surface area contributed by atoms with E-state index in [9.17, 15) is 14.3 Å². The molecule has 6 heteroatoms. The largest absolute Gasteiger partial charge is 0.478 e. The highest BCUT2D eigenvalue weighted by molar-refractivity contribution is 6.00. The highest BCUT2D eigenvalue weighted by Gasteiger charge is 2.25. The molecule has 0 radical (unpaired) electrons. The number of benzene rings is 1. The van der Waals surface area contributed by atoms with Gasteiger partial charge in [0.2, 0.25) is 0 Å². The molecule has 2 rings (SSSR count). The minimum absolute atomic E-state index is 0.121. The van der Waals surface area contributed by atoms with Crippen molar-refractivity contribution < 1.29 is 19.4 Å². The molecule has 1 aromatic rings. The first-order valence-electron chi connectivity index (χ1n) is 6.71. The van der Waals surface area contributed by atoms with E-state index in [0.29, 0.717) is 31.1 Å². The lowest BCUT2D eigenvalue weighted by Crippen LogP contribution is -2.36. The van der Waals surface area contributed by atoms with Gasteiger partial charge in [-0.25, -0.2) is 9.18 Å². The number of piperidine rings is 1. The fraction of sp³-hybridized carbons (Fsp3) is 0.500. The van der Waals surface area contributed by atoms with Crippen molar-refractivity contribution >= 4 is 17.3 Å². The number of nitrogen functional groups attached to an aromatic ring is 1. The summed E-state index contributed by atoms with van der Waals surface area (Å²) in [6.07, 6.45) is 2.62. The monoisotopic (exact) mass is 282 g/mol. The van der Waals surface area contributed by atoms with E-state index in [1.165, 1.54) is 12.1 Å². The number of carboxylic acids is 1. The number of hydrogen-bond acceptors (Lipinski definition) is 4. The molecule has 20 heavy (non-hydrogen) atoms. The van der Waals surface area contributed by atoms with Crippen LogP contribution in [0.25, 0.3) is 0 Å². The van der Waals surface area contributed by atoms with Gasteiger partial charge >= 0.3 is 5.97 Å². The van der Waals surface area contributed by atoms with Crippen LogP contribution in [0, 0.1) is 11.7 Å². The third kappa shape index (κ3) is 2.85. The van der Waals surface area contributed by atoms with Crippen LogP contribution in [0.5, 0.6) is 0 Å². The molecule has 1 heterocycles. The number of nitrogens with two attached hydrogens (primary N) is 1. The second-order valence-electron chi connectivity index (χ2n) is 5.13. The molecule has 1 aliphatic rings. The standard InChI is InChI=1S/C14H19FN2O3/c15-10-3-4-11(12(13(10)16)14(19)20)17-6-1-2-9(8-17)5-7-18/h3-4,9,18H,1-2,5-8,16H2,(H,19,20). The van der Waals surface area contributed by atoms with Gasteiger partial charge in [-0.2, -0.15) is 0 Å². The molecule has 1 fully saturated rings. The quantitative estimate of drug-likeness (QED) is 0.732. The summed E-state index contributed by atoms with van der Waals surface area (Å²) < 4.78 is 13.4. The number of rotatable bonds is 4. The summed E-state index contributed by atoms with van der Waals surface area (Å²) in [7, 11) is 0. The summed E-state index contributed by atoms with van der Waals surface area (Å²) in [4.78, 5) is 13.3. The fourth-order valence-electron chi connectivity index (χ4n) is 2.77. The molecule has 1 atom stereocenters. The molecule has 0 bridgehead atoms. The molecule has 0 spiro atoms. The normalized spacial score (nSPS) is 19.1. The molecule has 0 aliphatic carbocycles. The Morgan fingerprint density at radius 2 is 2.25 bits per heavy atom. The molecule has 1 aromatic carbocycles. The van der Waals surface area contributed by atoms with Gasteiger partial charge in [0.25, 0.3) is 0 Å². The Morgan fingerprint density at radius 1 is 1.50 bits per heavy atom. The number of anilines is 2. The van der Waals surface area contributed by atoms with E-state index in [4.69, 9.17) is 10.8 Å². The first-order valence-corrected chi connectivity index (χ1v) is 6.71. The topological polar surface area (TPSA) is 86.8 Å². The van der Waals surface area contributed by atoms with Gasteiger partial charge in [0, 0.05) is 19.7 Å². The first kappa shape index (κ1) is 14.6. The highest BCUT2D eigenvalue weighted by atomic mass is 19.1. The highest BCUT2D eigenvalue weighted by Crippen LogP contribution is 2.32. The van der Waals surface area contributed by atoms with Gasteiger partial charge in [0.1, 0.15) is 11.4 Å². The van der Waals surface area contributed by atoms with Crippen molar-refractivity contribution in [2.75, 3.05) is 30.3 Å². The molecule has 4 N–H and O–H groups in total. The van der Waals surface area contributed by atoms with Crippen molar-refractivity contribution in [1.82, 2.24) is 0 Å². The zero-order valence-electron chi connectivity index (χ0n) is 11.2. The smallest absolute Gasteiger partial charge is 0.340 e. The maximum Gasteiger partial charge on any atom is 0.340 e. The molecule has 0 saturated carbocycles. The Hall–Kier alpha value is -1.82. The van der Waals surface area contributed by atoms with E-state index < -0.39 is 11.8 Å². The van der Waals surface area contributed by atoms with E-state index >= 15 is 0 Å². The van der Waals surface area contributed by atoms with Crippen LogP contribution < -0.4 is 10.6 Å². The summed E-state index contributed by atoms with van der Waals surface area (Å²) in [5.74, 6) is -1.61. The lowest BCUT2D eigenvalue weighted by atomic mass is 9.94. The number of nitrogens with zero attached hydrogens (tertiary/aromatic N) is 1. The number of halogens is 1. The molecular formula is C14H19FN2O3. The van der Waals surface area contributed by atoms with Crippen LogP contribution in [0.2, 0.25) is 0 Å². The zero-order valence-corrected chi connectivity index (χ0v) is 11.2. The van der Waals surface area contributed by atoms with Crippen molar-refractivity contribution in [2.45, 2.75) is 19.3 Å². The van der Waals surface area contributed by atoms with Crippen LogP contribution in [0.4, 0.5) is 15.8 Å². The van der Waals surface area contributed by atoms with E-state index in [1.54, 1.807) is 0 Å². The molecule has 1 saturated heterocycles. The number of aliphatic hydroxyl groups is 1. The average Bonchev–Trinajstić information content (AvgIpc) is 2.42. The number of carbonyl (C=O) groups is 1. The van der Waals surface area contributed by atoms with Crippen LogP contribution in [0.1, 0.15) is 29.6 Å². The van der Waals surface area contributed by atoms with Crippen LogP contribution in [0.3, 0.4) is 0 Å². The molecule has 110 valence electrons. The lowest BCUT2D eigenvalue weighted by Gasteiger charge is -2.35.